The van der Waals surface area contributed by atoms with Gasteiger partial charge in [0.15, 0.2) is 10.8 Å². The van der Waals surface area contributed by atoms with Crippen LogP contribution in [-0.4, -0.2) is 33.8 Å². The van der Waals surface area contributed by atoms with Crippen LogP contribution in [0.2, 0.25) is 0 Å². The van der Waals surface area contributed by atoms with Crippen molar-refractivity contribution < 1.29 is 24.3 Å². The number of thiazole rings is 1. The number of rotatable bonds is 5. The topological polar surface area (TPSA) is 127 Å². The van der Waals surface area contributed by atoms with Crippen LogP contribution in [0.15, 0.2) is 10.5 Å². The highest BCUT2D eigenvalue weighted by Crippen LogP contribution is 2.19. The van der Waals surface area contributed by atoms with Crippen LogP contribution < -0.4 is 10.8 Å². The van der Waals surface area contributed by atoms with Gasteiger partial charge in [-0.1, -0.05) is 5.16 Å². The van der Waals surface area contributed by atoms with E-state index in [-0.39, 0.29) is 10.8 Å². The van der Waals surface area contributed by atoms with Crippen molar-refractivity contribution in [2.45, 2.75) is 45.8 Å². The fourth-order valence-electron chi connectivity index (χ4n) is 1.18. The molecule has 0 radical (unpaired) electrons. The number of ether oxygens (including phenoxy) is 1. The Bertz CT molecular complexity index is 601. The maximum Gasteiger partial charge on any atom is 0.353 e. The molecular formula is C13H18N3O5S-. The lowest BCUT2D eigenvalue weighted by Crippen LogP contribution is -2.41. The van der Waals surface area contributed by atoms with Gasteiger partial charge in [0.25, 0.3) is 0 Å². The van der Waals surface area contributed by atoms with Crippen molar-refractivity contribution in [3.05, 3.63) is 11.1 Å². The van der Waals surface area contributed by atoms with Gasteiger partial charge in [0.2, 0.25) is 5.60 Å². The minimum Gasteiger partial charge on any atom is -0.543 e. The number of nitrogens with zero attached hydrogens (tertiary/aromatic N) is 2. The van der Waals surface area contributed by atoms with E-state index in [0.29, 0.717) is 0 Å². The van der Waals surface area contributed by atoms with Gasteiger partial charge < -0.3 is 25.2 Å². The molecule has 0 bridgehead atoms. The first-order valence-corrected chi connectivity index (χ1v) is 7.22. The molecule has 1 aromatic heterocycles. The summed E-state index contributed by atoms with van der Waals surface area (Å²) in [5, 5.41) is 16.2. The Morgan fingerprint density at radius 3 is 2.32 bits per heavy atom. The second-order valence-electron chi connectivity index (χ2n) is 5.90. The third-order valence-electron chi connectivity index (χ3n) is 2.21. The normalized spacial score (nSPS) is 12.9. The molecule has 1 heterocycles. The molecule has 0 fully saturated rings. The number of nitrogens with two attached hydrogens (primary N) is 1. The lowest BCUT2D eigenvalue weighted by molar-refractivity contribution is -0.294. The largest absolute Gasteiger partial charge is 0.543 e. The zero-order valence-corrected chi connectivity index (χ0v) is 13.8. The summed E-state index contributed by atoms with van der Waals surface area (Å²) < 4.78 is 5.18. The maximum absolute atomic E-state index is 12.0. The third-order valence-corrected chi connectivity index (χ3v) is 2.89. The summed E-state index contributed by atoms with van der Waals surface area (Å²) in [5.41, 5.74) is 2.71. The number of carbonyl (C=O) groups is 2. The number of carboxylic acid groups (broad SMARTS) is 1. The number of carbonyl (C=O) groups excluding carboxylic acids is 2. The summed E-state index contributed by atoms with van der Waals surface area (Å²) in [6.07, 6.45) is 0. The highest BCUT2D eigenvalue weighted by atomic mass is 32.1. The number of hydrogen-bond donors (Lipinski definition) is 1. The predicted octanol–water partition coefficient (Wildman–Crippen LogP) is 0.316. The van der Waals surface area contributed by atoms with E-state index in [9.17, 15) is 14.7 Å². The van der Waals surface area contributed by atoms with Crippen LogP contribution in [0.5, 0.6) is 0 Å². The van der Waals surface area contributed by atoms with Gasteiger partial charge in [-0.05, 0) is 34.6 Å². The Labute approximate surface area is 131 Å². The first-order chi connectivity index (χ1) is 9.92. The molecule has 0 aliphatic rings. The Kier molecular flexibility index (Phi) is 5.13. The van der Waals surface area contributed by atoms with E-state index in [2.05, 4.69) is 10.1 Å². The number of hydrogen-bond acceptors (Lipinski definition) is 9. The zero-order valence-electron chi connectivity index (χ0n) is 13.0. The lowest BCUT2D eigenvalue weighted by Gasteiger charge is -2.26. The first kappa shape index (κ1) is 17.9. The van der Waals surface area contributed by atoms with Gasteiger partial charge in [-0.3, -0.25) is 0 Å². The molecule has 22 heavy (non-hydrogen) atoms. The molecule has 2 N–H and O–H groups in total. The van der Waals surface area contributed by atoms with Crippen LogP contribution in [0.3, 0.4) is 0 Å². The van der Waals surface area contributed by atoms with Crippen LogP contribution in [0.25, 0.3) is 0 Å². The smallest absolute Gasteiger partial charge is 0.353 e. The highest BCUT2D eigenvalue weighted by molar-refractivity contribution is 7.13. The molecule has 0 amide bonds. The Morgan fingerprint density at radius 1 is 1.32 bits per heavy atom. The van der Waals surface area contributed by atoms with E-state index in [4.69, 9.17) is 15.3 Å². The van der Waals surface area contributed by atoms with E-state index in [1.807, 2.05) is 0 Å². The summed E-state index contributed by atoms with van der Waals surface area (Å²) in [4.78, 5) is 31.9. The molecule has 9 heteroatoms. The number of nitrogen functional groups attached to an aromatic ring is 1. The molecule has 0 spiro atoms. The van der Waals surface area contributed by atoms with Gasteiger partial charge in [0.05, 0.1) is 5.97 Å². The summed E-state index contributed by atoms with van der Waals surface area (Å²) in [7, 11) is 0. The van der Waals surface area contributed by atoms with E-state index < -0.39 is 28.9 Å². The average molecular weight is 328 g/mol. The molecule has 0 aromatic carbocycles. The van der Waals surface area contributed by atoms with Crippen molar-refractivity contribution in [1.82, 2.24) is 4.98 Å². The molecule has 8 nitrogen and oxygen atoms in total. The van der Waals surface area contributed by atoms with Crippen molar-refractivity contribution >= 4 is 34.1 Å². The number of oxime groups is 1. The molecular weight excluding hydrogens is 310 g/mol. The van der Waals surface area contributed by atoms with Gasteiger partial charge in [-0.2, -0.15) is 0 Å². The highest BCUT2D eigenvalue weighted by Gasteiger charge is 2.35. The van der Waals surface area contributed by atoms with E-state index >= 15 is 0 Å². The van der Waals surface area contributed by atoms with Crippen molar-refractivity contribution in [2.75, 3.05) is 5.73 Å². The third kappa shape index (κ3) is 4.99. The van der Waals surface area contributed by atoms with Crippen LogP contribution in [0, 0.1) is 0 Å². The molecule has 0 aliphatic heterocycles. The summed E-state index contributed by atoms with van der Waals surface area (Å²) in [5.74, 6) is -2.27. The lowest BCUT2D eigenvalue weighted by atomic mass is 10.1. The molecule has 1 aromatic rings. The van der Waals surface area contributed by atoms with Crippen LogP contribution in [0.1, 0.15) is 40.3 Å². The molecule has 0 saturated carbocycles. The molecule has 0 atom stereocenters. The number of esters is 1. The van der Waals surface area contributed by atoms with Crippen molar-refractivity contribution in [1.29, 1.82) is 0 Å². The molecule has 0 saturated heterocycles. The Balaban J connectivity index is 2.94. The van der Waals surface area contributed by atoms with Crippen LogP contribution in [-0.2, 0) is 19.2 Å². The van der Waals surface area contributed by atoms with Gasteiger partial charge >= 0.3 is 5.97 Å². The van der Waals surface area contributed by atoms with Gasteiger partial charge in [-0.25, -0.2) is 9.78 Å². The predicted molar refractivity (Wildman–Crippen MR) is 79.1 cm³/mol. The fraction of sp³-hybridized carbons (Fsp3) is 0.538. The minimum absolute atomic E-state index is 0.00230. The number of aromatic nitrogens is 1. The summed E-state index contributed by atoms with van der Waals surface area (Å²) in [6.45, 7) is 7.93. The van der Waals surface area contributed by atoms with Crippen molar-refractivity contribution in [3.63, 3.8) is 0 Å². The second-order valence-corrected chi connectivity index (χ2v) is 6.79. The van der Waals surface area contributed by atoms with Gasteiger partial charge in [-0.15, -0.1) is 11.3 Å². The average Bonchev–Trinajstić information content (AvgIpc) is 2.73. The van der Waals surface area contributed by atoms with Crippen molar-refractivity contribution in [3.8, 4) is 0 Å². The van der Waals surface area contributed by atoms with Gasteiger partial charge in [0, 0.05) is 5.38 Å². The monoisotopic (exact) mass is 328 g/mol. The van der Waals surface area contributed by atoms with E-state index in [1.54, 1.807) is 20.8 Å². The Hall–Kier alpha value is -2.16. The Morgan fingerprint density at radius 2 is 1.91 bits per heavy atom. The minimum atomic E-state index is -1.59. The summed E-state index contributed by atoms with van der Waals surface area (Å²) >= 11 is 1.05. The fourth-order valence-corrected chi connectivity index (χ4v) is 1.73. The molecule has 122 valence electrons. The van der Waals surface area contributed by atoms with Crippen LogP contribution >= 0.6 is 11.3 Å². The quantitative estimate of drug-likeness (QED) is 0.468. The zero-order chi connectivity index (χ0) is 17.1. The molecule has 1 rings (SSSR count). The molecule has 0 unspecified atom stereocenters. The second kappa shape index (κ2) is 6.30. The maximum atomic E-state index is 12.0. The van der Waals surface area contributed by atoms with Crippen molar-refractivity contribution in [2.24, 2.45) is 5.16 Å². The van der Waals surface area contributed by atoms with E-state index in [0.717, 1.165) is 11.3 Å². The SMILES string of the molecule is CC(C)(C)OC(=O)C(C)(C)O/N=C(/C(=O)[O-])c1csc(N)n1. The van der Waals surface area contributed by atoms with Crippen LogP contribution in [0.4, 0.5) is 5.13 Å². The number of anilines is 1. The van der Waals surface area contributed by atoms with E-state index in [1.165, 1.54) is 19.2 Å². The molecule has 0 aliphatic carbocycles. The first-order valence-electron chi connectivity index (χ1n) is 6.35. The standard InChI is InChI=1S/C13H19N3O5S/c1-12(2,3)20-10(19)13(4,5)21-16-8(9(17)18)7-6-22-11(14)15-7/h6H,1-5H3,(H2,14,15)(H,17,18)/p-1/b16-8+. The number of aliphatic carboxylic acids is 1. The summed E-state index contributed by atoms with van der Waals surface area (Å²) in [6, 6.07) is 0. The van der Waals surface area contributed by atoms with Gasteiger partial charge in [0.1, 0.15) is 11.3 Å². The number of carboxylic acids is 1.